The fourth-order valence-corrected chi connectivity index (χ4v) is 8.46. The molecule has 9 rings (SSSR count). The normalized spacial score (nSPS) is 12.7. The van der Waals surface area contributed by atoms with Crippen LogP contribution in [0.2, 0.25) is 0 Å². The first kappa shape index (κ1) is 32.2. The van der Waals surface area contributed by atoms with E-state index < -0.39 is 0 Å². The summed E-state index contributed by atoms with van der Waals surface area (Å²) in [7, 11) is 0. The molecule has 0 spiro atoms. The van der Waals surface area contributed by atoms with Crippen LogP contribution in [0.3, 0.4) is 0 Å². The van der Waals surface area contributed by atoms with Crippen molar-refractivity contribution in [3.05, 3.63) is 117 Å². The van der Waals surface area contributed by atoms with Crippen LogP contribution in [0.1, 0.15) is 75.6 Å². The molecule has 8 aromatic rings. The number of benzene rings is 4. The highest BCUT2D eigenvalue weighted by molar-refractivity contribution is 6.01. The Hall–Kier alpha value is -5.76. The van der Waals surface area contributed by atoms with Crippen molar-refractivity contribution in [2.24, 2.45) is 20.0 Å². The highest BCUT2D eigenvalue weighted by atomic mass is 15.1. The van der Waals surface area contributed by atoms with Crippen molar-refractivity contribution in [3.63, 3.8) is 0 Å². The van der Waals surface area contributed by atoms with E-state index in [0.717, 1.165) is 129 Å². The van der Waals surface area contributed by atoms with Crippen LogP contribution in [-0.2, 0) is 25.7 Å². The molecule has 0 aliphatic carbocycles. The van der Waals surface area contributed by atoms with Crippen molar-refractivity contribution in [1.29, 1.82) is 0 Å². The maximum atomic E-state index is 5.50. The van der Waals surface area contributed by atoms with Crippen molar-refractivity contribution >= 4 is 66.4 Å². The van der Waals surface area contributed by atoms with E-state index in [-0.39, 0.29) is 0 Å². The molecule has 4 aromatic heterocycles. The molecule has 8 bridgehead atoms. The number of fused-ring (bicyclic) bond motifs is 20. The van der Waals surface area contributed by atoms with E-state index >= 15 is 0 Å². The third kappa shape index (κ3) is 5.11. The zero-order chi connectivity index (χ0) is 35.3. The Balaban J connectivity index is 1.52. The van der Waals surface area contributed by atoms with Gasteiger partial charge in [-0.2, -0.15) is 0 Å². The number of hydrogen-bond acceptors (Lipinski definition) is 4. The molecular formula is C44H44N8. The van der Waals surface area contributed by atoms with Gasteiger partial charge in [0.05, 0.1) is 0 Å². The number of nitrogens with zero attached hydrogens (tertiary/aromatic N) is 4. The van der Waals surface area contributed by atoms with E-state index in [1.165, 1.54) is 33.0 Å². The van der Waals surface area contributed by atoms with E-state index in [0.29, 0.717) is 0 Å². The molecular weight excluding hydrogens is 641 g/mol. The van der Waals surface area contributed by atoms with Crippen LogP contribution >= 0.6 is 0 Å². The van der Waals surface area contributed by atoms with Crippen molar-refractivity contribution in [3.8, 4) is 0 Å². The van der Waals surface area contributed by atoms with Crippen LogP contribution in [0.5, 0.6) is 0 Å². The highest BCUT2D eigenvalue weighted by Crippen LogP contribution is 2.37. The minimum Gasteiger partial charge on any atom is -0.324 e. The van der Waals surface area contributed by atoms with Gasteiger partial charge in [0, 0.05) is 43.1 Å². The SMILES string of the molecule is CCCc1c(CCC)c(CCC)c2c3[nH]c(c2c1CCC)=Nc1[nH]c(c2ccccc12)N=c1[nH]c(c2ccccc12)=Nc1[nH]c(c2ccccc12)N=3. The number of rotatable bonds is 8. The van der Waals surface area contributed by atoms with Crippen LogP contribution < -0.4 is 22.0 Å². The van der Waals surface area contributed by atoms with Gasteiger partial charge in [0.2, 0.25) is 0 Å². The van der Waals surface area contributed by atoms with Gasteiger partial charge in [-0.1, -0.05) is 126 Å². The van der Waals surface area contributed by atoms with E-state index in [2.05, 4.69) is 108 Å². The first-order valence-corrected chi connectivity index (χ1v) is 19.0. The molecule has 260 valence electrons. The Bertz CT molecular complexity index is 2720. The molecule has 0 saturated heterocycles. The number of aromatic amines is 4. The van der Waals surface area contributed by atoms with Gasteiger partial charge in [-0.25, -0.2) is 20.0 Å². The van der Waals surface area contributed by atoms with E-state index in [4.69, 9.17) is 20.0 Å². The first-order valence-electron chi connectivity index (χ1n) is 19.0. The first-order chi connectivity index (χ1) is 25.6. The lowest BCUT2D eigenvalue weighted by atomic mass is 9.83. The van der Waals surface area contributed by atoms with Crippen molar-refractivity contribution in [2.45, 2.75) is 79.1 Å². The van der Waals surface area contributed by atoms with E-state index in [9.17, 15) is 0 Å². The van der Waals surface area contributed by atoms with Gasteiger partial charge >= 0.3 is 0 Å². The predicted molar refractivity (Wildman–Crippen MR) is 212 cm³/mol. The average Bonchev–Trinajstić information content (AvgIpc) is 3.90. The zero-order valence-corrected chi connectivity index (χ0v) is 30.4. The van der Waals surface area contributed by atoms with Crippen molar-refractivity contribution < 1.29 is 0 Å². The molecule has 4 N–H and O–H groups in total. The second-order valence-corrected chi connectivity index (χ2v) is 14.0. The Morgan fingerprint density at radius 3 is 0.981 bits per heavy atom. The summed E-state index contributed by atoms with van der Waals surface area (Å²) in [5.41, 5.74) is 9.03. The molecule has 0 amide bonds. The molecule has 8 nitrogen and oxygen atoms in total. The number of H-pyrrole nitrogens is 4. The minimum atomic E-state index is 0.746. The van der Waals surface area contributed by atoms with Gasteiger partial charge in [0.15, 0.2) is 0 Å². The van der Waals surface area contributed by atoms with Crippen LogP contribution in [-0.4, -0.2) is 19.9 Å². The Morgan fingerprint density at radius 1 is 0.346 bits per heavy atom. The second kappa shape index (κ2) is 13.1. The summed E-state index contributed by atoms with van der Waals surface area (Å²) >= 11 is 0. The molecule has 52 heavy (non-hydrogen) atoms. The predicted octanol–water partition coefficient (Wildman–Crippen LogP) is 9.54. The average molecular weight is 685 g/mol. The van der Waals surface area contributed by atoms with Crippen LogP contribution in [0.4, 0.5) is 23.3 Å². The molecule has 5 heterocycles. The summed E-state index contributed by atoms with van der Waals surface area (Å²) in [4.78, 5) is 36.2. The van der Waals surface area contributed by atoms with E-state index in [1.807, 2.05) is 12.1 Å². The Labute approximate surface area is 301 Å². The monoisotopic (exact) mass is 684 g/mol. The summed E-state index contributed by atoms with van der Waals surface area (Å²) in [6.45, 7) is 9.18. The fraction of sp³-hybridized carbons (Fsp3) is 0.273. The second-order valence-electron chi connectivity index (χ2n) is 14.0. The summed E-state index contributed by atoms with van der Waals surface area (Å²) in [6.07, 6.45) is 8.37. The molecule has 1 aliphatic rings. The van der Waals surface area contributed by atoms with Gasteiger partial charge in [-0.15, -0.1) is 0 Å². The quantitative estimate of drug-likeness (QED) is 0.122. The third-order valence-corrected chi connectivity index (χ3v) is 10.6. The Morgan fingerprint density at radius 2 is 0.635 bits per heavy atom. The molecule has 0 fully saturated rings. The van der Waals surface area contributed by atoms with Crippen LogP contribution in [0.25, 0.3) is 43.1 Å². The summed E-state index contributed by atoms with van der Waals surface area (Å²) in [5.74, 6) is 3.06. The van der Waals surface area contributed by atoms with E-state index in [1.54, 1.807) is 0 Å². The van der Waals surface area contributed by atoms with Gasteiger partial charge < -0.3 is 19.9 Å². The summed E-state index contributed by atoms with van der Waals surface area (Å²) in [5, 5.41) is 8.48. The van der Waals surface area contributed by atoms with Crippen molar-refractivity contribution in [1.82, 2.24) is 19.9 Å². The number of hydrogen-bond donors (Lipinski definition) is 4. The lowest BCUT2D eigenvalue weighted by Crippen LogP contribution is -2.11. The van der Waals surface area contributed by atoms with Gasteiger partial charge in [0.25, 0.3) is 0 Å². The van der Waals surface area contributed by atoms with Crippen LogP contribution in [0, 0.1) is 0 Å². The van der Waals surface area contributed by atoms with Gasteiger partial charge in [-0.05, 0) is 47.9 Å². The van der Waals surface area contributed by atoms with Gasteiger partial charge in [-0.3, -0.25) is 0 Å². The van der Waals surface area contributed by atoms with Crippen LogP contribution in [0.15, 0.2) is 92.8 Å². The standard InChI is InChI=1S/C44H44N8/c1-5-15-25-26(16-6-2)28(18-8-4)36-35(27(25)17-7-3)43-50-41-33-23-13-11-21-31(33)39(48-41)46-37-29-19-9-10-20-30(29)38(45-37)47-40-32-22-12-14-24-34(32)42(49-40)51-44(36)52-43/h9-14,19-24H,5-8,15-18H2,1-4H3,(H4,45,46,47,48,49,50,51,52). The lowest BCUT2D eigenvalue weighted by Gasteiger charge is -2.20. The molecule has 8 heteroatoms. The molecule has 1 aliphatic heterocycles. The van der Waals surface area contributed by atoms with Gasteiger partial charge in [0.1, 0.15) is 45.2 Å². The number of aryl methyl sites for hydroxylation is 2. The Kier molecular flexibility index (Phi) is 8.10. The largest absolute Gasteiger partial charge is 0.324 e. The van der Waals surface area contributed by atoms with Crippen molar-refractivity contribution in [2.75, 3.05) is 0 Å². The maximum Gasteiger partial charge on any atom is 0.142 e. The minimum absolute atomic E-state index is 0.746. The molecule has 0 saturated carbocycles. The molecule has 0 unspecified atom stereocenters. The fourth-order valence-electron chi connectivity index (χ4n) is 8.46. The molecule has 4 aromatic carbocycles. The zero-order valence-electron chi connectivity index (χ0n) is 30.4. The molecule has 0 atom stereocenters. The molecule has 0 radical (unpaired) electrons. The summed E-state index contributed by atoms with van der Waals surface area (Å²) in [6, 6.07) is 25.0. The lowest BCUT2D eigenvalue weighted by molar-refractivity contribution is 0.810. The maximum absolute atomic E-state index is 5.50. The smallest absolute Gasteiger partial charge is 0.142 e. The third-order valence-electron chi connectivity index (χ3n) is 10.6. The number of aromatic nitrogens is 4. The topological polar surface area (TPSA) is 113 Å². The summed E-state index contributed by atoms with van der Waals surface area (Å²) < 4.78 is 0. The number of nitrogens with one attached hydrogen (secondary N) is 4. The highest BCUT2D eigenvalue weighted by Gasteiger charge is 2.23.